The highest BCUT2D eigenvalue weighted by Crippen LogP contribution is 2.43. The first-order valence-electron chi connectivity index (χ1n) is 10.7. The first kappa shape index (κ1) is 26.7. The van der Waals surface area contributed by atoms with Crippen LogP contribution in [-0.4, -0.2) is 37.7 Å². The molecule has 0 bridgehead atoms. The van der Waals surface area contributed by atoms with Crippen LogP contribution in [0.15, 0.2) is 45.3 Å². The Balaban J connectivity index is 2.21. The van der Waals surface area contributed by atoms with Gasteiger partial charge in [-0.1, -0.05) is 28.1 Å². The van der Waals surface area contributed by atoms with Crippen LogP contribution in [0.3, 0.4) is 0 Å². The van der Waals surface area contributed by atoms with Gasteiger partial charge < -0.3 is 18.9 Å². The Bertz CT molecular complexity index is 1230. The van der Waals surface area contributed by atoms with Crippen molar-refractivity contribution in [3.8, 4) is 22.6 Å². The number of esters is 2. The summed E-state index contributed by atoms with van der Waals surface area (Å²) in [6.45, 7) is 5.94. The van der Waals surface area contributed by atoms with E-state index >= 15 is 0 Å². The van der Waals surface area contributed by atoms with Crippen LogP contribution in [0.4, 0.5) is 0 Å². The highest BCUT2D eigenvalue weighted by molar-refractivity contribution is 9.10. The number of carbonyl (C=O) groups is 2. The molecule has 0 aliphatic heterocycles. The lowest BCUT2D eigenvalue weighted by Gasteiger charge is -2.20. The third-order valence-electron chi connectivity index (χ3n) is 5.21. The number of rotatable bonds is 8. The van der Waals surface area contributed by atoms with E-state index in [-0.39, 0.29) is 11.1 Å². The second-order valence-electron chi connectivity index (χ2n) is 7.53. The Labute approximate surface area is 221 Å². The number of benzene rings is 2. The van der Waals surface area contributed by atoms with Crippen LogP contribution in [0.1, 0.15) is 44.6 Å². The maximum atomic E-state index is 12.8. The van der Waals surface area contributed by atoms with Crippen molar-refractivity contribution >= 4 is 43.8 Å². The molecule has 1 heterocycles. The molecule has 0 aliphatic rings. The summed E-state index contributed by atoms with van der Waals surface area (Å²) in [5, 5.41) is 0. The Kier molecular flexibility index (Phi) is 8.91. The zero-order chi connectivity index (χ0) is 25.7. The van der Waals surface area contributed by atoms with Gasteiger partial charge in [-0.25, -0.2) is 9.59 Å². The van der Waals surface area contributed by atoms with Crippen molar-refractivity contribution in [1.82, 2.24) is 4.98 Å². The molecular weight excluding hydrogens is 582 g/mol. The summed E-state index contributed by atoms with van der Waals surface area (Å²) >= 11 is 7.05. The third-order valence-corrected chi connectivity index (χ3v) is 6.29. The zero-order valence-corrected chi connectivity index (χ0v) is 23.2. The van der Waals surface area contributed by atoms with Crippen molar-refractivity contribution in [2.45, 2.75) is 27.4 Å². The van der Waals surface area contributed by atoms with Gasteiger partial charge in [0.1, 0.15) is 6.61 Å². The van der Waals surface area contributed by atoms with Crippen molar-refractivity contribution in [1.29, 1.82) is 0 Å². The molecule has 7 nitrogen and oxygen atoms in total. The Morgan fingerprint density at radius 3 is 2.09 bits per heavy atom. The fourth-order valence-corrected chi connectivity index (χ4v) is 4.74. The van der Waals surface area contributed by atoms with Gasteiger partial charge in [-0.2, -0.15) is 0 Å². The largest absolute Gasteiger partial charge is 0.490 e. The van der Waals surface area contributed by atoms with Gasteiger partial charge >= 0.3 is 11.9 Å². The standard InChI is InChI=1S/C26H25Br2NO6/c1-6-34-20-12-17(11-19(28)24(20)35-13-16-8-7-9-18(27)10-16)23-21(25(30)32-4)14(2)29-15(3)22(23)26(31)33-5/h7-12H,6,13H2,1-5H3. The minimum Gasteiger partial charge on any atom is -0.490 e. The number of aryl methyl sites for hydroxylation is 2. The average Bonchev–Trinajstić information content (AvgIpc) is 2.82. The fourth-order valence-electron chi connectivity index (χ4n) is 3.74. The SMILES string of the molecule is CCOc1cc(-c2c(C(=O)OC)c(C)nc(C)c2C(=O)OC)cc(Br)c1OCc1cccc(Br)c1. The van der Waals surface area contributed by atoms with E-state index in [0.29, 0.717) is 51.7 Å². The molecular formula is C26H25Br2NO6. The minimum absolute atomic E-state index is 0.177. The molecule has 0 unspecified atom stereocenters. The van der Waals surface area contributed by atoms with Crippen molar-refractivity contribution in [2.24, 2.45) is 0 Å². The normalized spacial score (nSPS) is 10.6. The number of hydrogen-bond acceptors (Lipinski definition) is 7. The molecule has 0 saturated carbocycles. The predicted molar refractivity (Wildman–Crippen MR) is 139 cm³/mol. The molecule has 0 spiro atoms. The van der Waals surface area contributed by atoms with E-state index in [0.717, 1.165) is 10.0 Å². The number of methoxy groups -OCH3 is 2. The van der Waals surface area contributed by atoms with E-state index in [9.17, 15) is 9.59 Å². The highest BCUT2D eigenvalue weighted by Gasteiger charge is 2.28. The lowest BCUT2D eigenvalue weighted by atomic mass is 9.92. The minimum atomic E-state index is -0.612. The van der Waals surface area contributed by atoms with Crippen LogP contribution >= 0.6 is 31.9 Å². The molecule has 0 atom stereocenters. The summed E-state index contributed by atoms with van der Waals surface area (Å²) in [6, 6.07) is 11.3. The van der Waals surface area contributed by atoms with Gasteiger partial charge in [0.05, 0.1) is 47.8 Å². The highest BCUT2D eigenvalue weighted by atomic mass is 79.9. The molecule has 0 N–H and O–H groups in total. The second kappa shape index (κ2) is 11.7. The molecule has 0 aliphatic carbocycles. The molecule has 3 aromatic rings. The summed E-state index contributed by atoms with van der Waals surface area (Å²) in [5.41, 5.74) is 3.09. The van der Waals surface area contributed by atoms with Gasteiger partial charge in [0.2, 0.25) is 0 Å². The number of carbonyl (C=O) groups excluding carboxylic acids is 2. The fraction of sp³-hybridized carbons (Fsp3) is 0.269. The molecule has 0 amide bonds. The first-order valence-corrected chi connectivity index (χ1v) is 12.3. The van der Waals surface area contributed by atoms with Crippen molar-refractivity contribution in [3.05, 3.63) is 73.4 Å². The lowest BCUT2D eigenvalue weighted by Crippen LogP contribution is -2.16. The maximum absolute atomic E-state index is 12.8. The zero-order valence-electron chi connectivity index (χ0n) is 20.0. The molecule has 35 heavy (non-hydrogen) atoms. The number of pyridine rings is 1. The van der Waals surface area contributed by atoms with Gasteiger partial charge in [-0.3, -0.25) is 4.98 Å². The quantitative estimate of drug-likeness (QED) is 0.273. The van der Waals surface area contributed by atoms with E-state index in [1.54, 1.807) is 26.0 Å². The topological polar surface area (TPSA) is 84.0 Å². The van der Waals surface area contributed by atoms with Crippen molar-refractivity contribution in [2.75, 3.05) is 20.8 Å². The van der Waals surface area contributed by atoms with Crippen LogP contribution in [0.25, 0.3) is 11.1 Å². The Hall–Kier alpha value is -2.91. The van der Waals surface area contributed by atoms with Crippen LogP contribution in [0.5, 0.6) is 11.5 Å². The summed E-state index contributed by atoms with van der Waals surface area (Å²) in [4.78, 5) is 29.9. The van der Waals surface area contributed by atoms with Crippen LogP contribution in [0, 0.1) is 13.8 Å². The van der Waals surface area contributed by atoms with E-state index < -0.39 is 11.9 Å². The lowest BCUT2D eigenvalue weighted by molar-refractivity contribution is 0.0599. The summed E-state index contributed by atoms with van der Waals surface area (Å²) in [6.07, 6.45) is 0. The average molecular weight is 607 g/mol. The number of hydrogen-bond donors (Lipinski definition) is 0. The van der Waals surface area contributed by atoms with E-state index in [1.807, 2.05) is 31.2 Å². The number of ether oxygens (including phenoxy) is 4. The number of nitrogens with zero attached hydrogens (tertiary/aromatic N) is 1. The molecule has 184 valence electrons. The molecule has 3 rings (SSSR count). The molecule has 0 fully saturated rings. The van der Waals surface area contributed by atoms with Gasteiger partial charge in [0, 0.05) is 10.0 Å². The number of aromatic nitrogens is 1. The monoisotopic (exact) mass is 605 g/mol. The van der Waals surface area contributed by atoms with Gasteiger partial charge in [-0.15, -0.1) is 0 Å². The molecule has 2 aromatic carbocycles. The van der Waals surface area contributed by atoms with Crippen LogP contribution < -0.4 is 9.47 Å². The molecule has 0 saturated heterocycles. The summed E-state index contributed by atoms with van der Waals surface area (Å²) in [7, 11) is 2.56. The van der Waals surface area contributed by atoms with Crippen molar-refractivity contribution < 1.29 is 28.5 Å². The smallest absolute Gasteiger partial charge is 0.340 e. The molecule has 0 radical (unpaired) electrons. The second-order valence-corrected chi connectivity index (χ2v) is 9.30. The summed E-state index contributed by atoms with van der Waals surface area (Å²) in [5.74, 6) is -0.277. The van der Waals surface area contributed by atoms with E-state index in [1.165, 1.54) is 14.2 Å². The van der Waals surface area contributed by atoms with E-state index in [2.05, 4.69) is 36.8 Å². The molecule has 9 heteroatoms. The Morgan fingerprint density at radius 1 is 0.914 bits per heavy atom. The third kappa shape index (κ3) is 5.85. The first-order chi connectivity index (χ1) is 16.7. The predicted octanol–water partition coefficient (Wildman–Crippen LogP) is 6.44. The van der Waals surface area contributed by atoms with Crippen LogP contribution in [0.2, 0.25) is 0 Å². The van der Waals surface area contributed by atoms with Gasteiger partial charge in [0.25, 0.3) is 0 Å². The number of halogens is 2. The van der Waals surface area contributed by atoms with Crippen LogP contribution in [-0.2, 0) is 16.1 Å². The van der Waals surface area contributed by atoms with Crippen molar-refractivity contribution in [3.63, 3.8) is 0 Å². The Morgan fingerprint density at radius 2 is 1.54 bits per heavy atom. The van der Waals surface area contributed by atoms with E-state index in [4.69, 9.17) is 18.9 Å². The van der Waals surface area contributed by atoms with Gasteiger partial charge in [0.15, 0.2) is 11.5 Å². The van der Waals surface area contributed by atoms with Gasteiger partial charge in [-0.05, 0) is 72.1 Å². The molecule has 1 aromatic heterocycles. The maximum Gasteiger partial charge on any atom is 0.340 e. The summed E-state index contributed by atoms with van der Waals surface area (Å²) < 4.78 is 23.6.